The molecule has 11 heteroatoms. The maximum atomic E-state index is 13.0. The van der Waals surface area contributed by atoms with Crippen LogP contribution in [0.5, 0.6) is 0 Å². The van der Waals surface area contributed by atoms with Crippen molar-refractivity contribution in [1.29, 1.82) is 0 Å². The normalized spacial score (nSPS) is 10.4. The first kappa shape index (κ1) is 22.0. The van der Waals surface area contributed by atoms with Crippen LogP contribution in [0, 0.1) is 20.2 Å². The summed E-state index contributed by atoms with van der Waals surface area (Å²) in [6.45, 7) is 0.150. The van der Waals surface area contributed by atoms with Gasteiger partial charge in [0, 0.05) is 17.6 Å². The lowest BCUT2D eigenvalue weighted by atomic mass is 10.1. The van der Waals surface area contributed by atoms with Crippen LogP contribution in [0.1, 0.15) is 15.9 Å². The highest BCUT2D eigenvalue weighted by Gasteiger charge is 2.28. The van der Waals surface area contributed by atoms with Crippen molar-refractivity contribution in [1.82, 2.24) is 0 Å². The van der Waals surface area contributed by atoms with Crippen LogP contribution in [-0.2, 0) is 6.54 Å². The third kappa shape index (κ3) is 5.27. The molecule has 158 valence electrons. The molecule has 0 bridgehead atoms. The number of amides is 1. The second kappa shape index (κ2) is 9.41. The molecular formula is C20H14Cl2N4O5. The number of rotatable bonds is 7. The number of hydrogen-bond acceptors (Lipinski definition) is 6. The fourth-order valence-electron chi connectivity index (χ4n) is 2.80. The number of carbonyl (C=O) groups is 1. The van der Waals surface area contributed by atoms with Gasteiger partial charge in [-0.15, -0.1) is 0 Å². The van der Waals surface area contributed by atoms with Crippen molar-refractivity contribution >= 4 is 51.9 Å². The van der Waals surface area contributed by atoms with Gasteiger partial charge in [-0.3, -0.25) is 25.0 Å². The van der Waals surface area contributed by atoms with Crippen LogP contribution < -0.4 is 10.6 Å². The summed E-state index contributed by atoms with van der Waals surface area (Å²) in [6, 6.07) is 15.1. The first-order valence-electron chi connectivity index (χ1n) is 8.77. The Labute approximate surface area is 185 Å². The second-order valence-electron chi connectivity index (χ2n) is 6.32. The van der Waals surface area contributed by atoms with E-state index in [4.69, 9.17) is 23.2 Å². The monoisotopic (exact) mass is 460 g/mol. The van der Waals surface area contributed by atoms with Gasteiger partial charge in [-0.25, -0.2) is 0 Å². The van der Waals surface area contributed by atoms with Crippen molar-refractivity contribution in [2.45, 2.75) is 6.54 Å². The van der Waals surface area contributed by atoms with E-state index in [2.05, 4.69) is 10.6 Å². The molecule has 0 spiro atoms. The zero-order valence-corrected chi connectivity index (χ0v) is 17.2. The molecule has 3 rings (SSSR count). The molecule has 1 amide bonds. The number of nitro groups is 2. The summed E-state index contributed by atoms with van der Waals surface area (Å²) in [5, 5.41) is 28.7. The SMILES string of the molecule is O=C(Nc1cc(Cl)ccc1Cl)c1cc([N+](=O)[O-])cc([N+](=O)[O-])c1NCc1ccccc1. The average Bonchev–Trinajstić information content (AvgIpc) is 2.74. The van der Waals surface area contributed by atoms with E-state index in [1.165, 1.54) is 18.2 Å². The Morgan fingerprint density at radius 2 is 1.65 bits per heavy atom. The van der Waals surface area contributed by atoms with Gasteiger partial charge >= 0.3 is 0 Å². The summed E-state index contributed by atoms with van der Waals surface area (Å²) < 4.78 is 0. The van der Waals surface area contributed by atoms with E-state index < -0.39 is 27.1 Å². The van der Waals surface area contributed by atoms with Crippen LogP contribution in [0.25, 0.3) is 0 Å². The second-order valence-corrected chi connectivity index (χ2v) is 7.16. The largest absolute Gasteiger partial charge is 0.375 e. The molecule has 0 aromatic heterocycles. The van der Waals surface area contributed by atoms with E-state index >= 15 is 0 Å². The quantitative estimate of drug-likeness (QED) is 0.345. The lowest BCUT2D eigenvalue weighted by Gasteiger charge is -2.14. The predicted octanol–water partition coefficient (Wildman–Crippen LogP) is 5.67. The first-order valence-corrected chi connectivity index (χ1v) is 9.53. The average molecular weight is 461 g/mol. The Morgan fingerprint density at radius 1 is 0.935 bits per heavy atom. The lowest BCUT2D eigenvalue weighted by molar-refractivity contribution is -0.393. The Balaban J connectivity index is 2.06. The molecule has 31 heavy (non-hydrogen) atoms. The molecule has 0 saturated carbocycles. The van der Waals surface area contributed by atoms with Crippen molar-refractivity contribution in [2.75, 3.05) is 10.6 Å². The molecule has 2 N–H and O–H groups in total. The number of carbonyl (C=O) groups excluding carboxylic acids is 1. The molecular weight excluding hydrogens is 447 g/mol. The van der Waals surface area contributed by atoms with Crippen LogP contribution in [0.4, 0.5) is 22.7 Å². The summed E-state index contributed by atoms with van der Waals surface area (Å²) in [5.74, 6) is -0.827. The molecule has 3 aromatic carbocycles. The molecule has 0 atom stereocenters. The minimum atomic E-state index is -0.827. The Morgan fingerprint density at radius 3 is 2.29 bits per heavy atom. The maximum absolute atomic E-state index is 13.0. The molecule has 0 heterocycles. The Kier molecular flexibility index (Phi) is 6.68. The zero-order chi connectivity index (χ0) is 22.5. The van der Waals surface area contributed by atoms with E-state index in [0.717, 1.165) is 17.7 Å². The van der Waals surface area contributed by atoms with E-state index in [0.29, 0.717) is 5.02 Å². The lowest BCUT2D eigenvalue weighted by Crippen LogP contribution is -2.17. The van der Waals surface area contributed by atoms with E-state index in [9.17, 15) is 25.0 Å². The van der Waals surface area contributed by atoms with Gasteiger partial charge in [-0.2, -0.15) is 0 Å². The van der Waals surface area contributed by atoms with Crippen molar-refractivity contribution in [3.8, 4) is 0 Å². The number of anilines is 2. The Hall–Kier alpha value is -3.69. The number of halogens is 2. The molecule has 0 radical (unpaired) electrons. The van der Waals surface area contributed by atoms with Crippen molar-refractivity contribution in [3.05, 3.63) is 102 Å². The summed E-state index contributed by atoms with van der Waals surface area (Å²) in [7, 11) is 0. The van der Waals surface area contributed by atoms with E-state index in [1.807, 2.05) is 6.07 Å². The highest BCUT2D eigenvalue weighted by Crippen LogP contribution is 2.35. The van der Waals surface area contributed by atoms with Crippen molar-refractivity contribution in [3.63, 3.8) is 0 Å². The van der Waals surface area contributed by atoms with Gasteiger partial charge in [-0.1, -0.05) is 53.5 Å². The fraction of sp³-hybridized carbons (Fsp3) is 0.0500. The number of nitrogens with zero attached hydrogens (tertiary/aromatic N) is 2. The van der Waals surface area contributed by atoms with E-state index in [1.54, 1.807) is 24.3 Å². The number of nitrogens with one attached hydrogen (secondary N) is 2. The minimum Gasteiger partial charge on any atom is -0.375 e. The summed E-state index contributed by atoms with van der Waals surface area (Å²) in [4.78, 5) is 34.3. The molecule has 0 unspecified atom stereocenters. The maximum Gasteiger partial charge on any atom is 0.300 e. The number of benzene rings is 3. The Bertz CT molecular complexity index is 1170. The molecule has 0 aliphatic heterocycles. The molecule has 0 saturated heterocycles. The van der Waals surface area contributed by atoms with Gasteiger partial charge in [-0.05, 0) is 23.8 Å². The van der Waals surface area contributed by atoms with Gasteiger partial charge in [0.05, 0.1) is 32.2 Å². The fourth-order valence-corrected chi connectivity index (χ4v) is 3.13. The van der Waals surface area contributed by atoms with Crippen molar-refractivity contribution in [2.24, 2.45) is 0 Å². The van der Waals surface area contributed by atoms with Crippen molar-refractivity contribution < 1.29 is 14.6 Å². The third-order valence-electron chi connectivity index (χ3n) is 4.24. The zero-order valence-electron chi connectivity index (χ0n) is 15.7. The molecule has 0 aliphatic carbocycles. The molecule has 9 nitrogen and oxygen atoms in total. The van der Waals surface area contributed by atoms with Gasteiger partial charge in [0.1, 0.15) is 5.69 Å². The van der Waals surface area contributed by atoms with Gasteiger partial charge < -0.3 is 10.6 Å². The minimum absolute atomic E-state index is 0.150. The predicted molar refractivity (Wildman–Crippen MR) is 118 cm³/mol. The van der Waals surface area contributed by atoms with Gasteiger partial charge in [0.25, 0.3) is 17.3 Å². The van der Waals surface area contributed by atoms with Gasteiger partial charge in [0.2, 0.25) is 0 Å². The highest BCUT2D eigenvalue weighted by atomic mass is 35.5. The third-order valence-corrected chi connectivity index (χ3v) is 4.81. The smallest absolute Gasteiger partial charge is 0.300 e. The highest BCUT2D eigenvalue weighted by molar-refractivity contribution is 6.36. The molecule has 0 aliphatic rings. The van der Waals surface area contributed by atoms with Gasteiger partial charge in [0.15, 0.2) is 0 Å². The number of non-ortho nitro benzene ring substituents is 1. The molecule has 3 aromatic rings. The standard InChI is InChI=1S/C20H14Cl2N4O5/c21-13-6-7-16(22)17(8-13)24-20(27)15-9-14(25(28)29)10-18(26(30)31)19(15)23-11-12-4-2-1-3-5-12/h1-10,23H,11H2,(H,24,27). The van der Waals surface area contributed by atoms with Crippen LogP contribution in [0.2, 0.25) is 10.0 Å². The topological polar surface area (TPSA) is 127 Å². The number of nitro benzene ring substituents is 2. The van der Waals surface area contributed by atoms with Crippen LogP contribution in [0.3, 0.4) is 0 Å². The first-order chi connectivity index (χ1) is 14.8. The summed E-state index contributed by atoms with van der Waals surface area (Å²) in [6.07, 6.45) is 0. The van der Waals surface area contributed by atoms with E-state index in [-0.39, 0.29) is 28.5 Å². The number of hydrogen-bond donors (Lipinski definition) is 2. The summed E-state index contributed by atoms with van der Waals surface area (Å²) >= 11 is 12.0. The van der Waals surface area contributed by atoms with Crippen LogP contribution in [0.15, 0.2) is 60.7 Å². The van der Waals surface area contributed by atoms with Crippen LogP contribution >= 0.6 is 23.2 Å². The summed E-state index contributed by atoms with van der Waals surface area (Å²) in [5.41, 5.74) is -0.698. The molecule has 0 fully saturated rings. The van der Waals surface area contributed by atoms with Crippen LogP contribution in [-0.4, -0.2) is 15.8 Å².